The van der Waals surface area contributed by atoms with E-state index in [4.69, 9.17) is 4.42 Å². The van der Waals surface area contributed by atoms with Crippen LogP contribution in [0, 0.1) is 6.92 Å². The molecule has 0 aliphatic rings. The molecule has 0 fully saturated rings. The third-order valence-corrected chi connectivity index (χ3v) is 5.83. The molecular formula is C21H16N2O3S2. The number of nitrogens with one attached hydrogen (secondary N) is 1. The Balaban J connectivity index is 1.45. The number of amides is 1. The molecule has 2 aromatic heterocycles. The largest absolute Gasteiger partial charge is 0.422 e. The second kappa shape index (κ2) is 8.00. The van der Waals surface area contributed by atoms with Crippen LogP contribution in [-0.4, -0.2) is 16.6 Å². The SMILES string of the molecule is Cc1ccc(SCC(=O)Nc2nc(-c3cc4ccccc4oc3=O)cs2)cc1. The molecule has 0 unspecified atom stereocenters. The lowest BCUT2D eigenvalue weighted by Gasteiger charge is -2.03. The first-order valence-corrected chi connectivity index (χ1v) is 10.4. The summed E-state index contributed by atoms with van der Waals surface area (Å²) in [6.07, 6.45) is 0. The zero-order valence-electron chi connectivity index (χ0n) is 15.0. The molecule has 28 heavy (non-hydrogen) atoms. The van der Waals surface area contributed by atoms with Gasteiger partial charge in [-0.15, -0.1) is 23.1 Å². The zero-order chi connectivity index (χ0) is 19.5. The average molecular weight is 409 g/mol. The Hall–Kier alpha value is -2.90. The van der Waals surface area contributed by atoms with Crippen LogP contribution >= 0.6 is 23.1 Å². The minimum absolute atomic E-state index is 0.142. The normalized spacial score (nSPS) is 10.9. The summed E-state index contributed by atoms with van der Waals surface area (Å²) in [7, 11) is 0. The maximum Gasteiger partial charge on any atom is 0.345 e. The van der Waals surface area contributed by atoms with Gasteiger partial charge < -0.3 is 9.73 Å². The first kappa shape index (κ1) is 18.5. The standard InChI is InChI=1S/C21H16N2O3S2/c1-13-6-8-15(9-7-13)27-12-19(24)23-21-22-17(11-28-21)16-10-14-4-2-3-5-18(14)26-20(16)25/h2-11H,12H2,1H3,(H,22,23,24). The number of aromatic nitrogens is 1. The van der Waals surface area contributed by atoms with Crippen LogP contribution in [0.25, 0.3) is 22.2 Å². The number of thioether (sulfide) groups is 1. The van der Waals surface area contributed by atoms with Crippen molar-refractivity contribution in [2.45, 2.75) is 11.8 Å². The summed E-state index contributed by atoms with van der Waals surface area (Å²) in [5.74, 6) is 0.146. The topological polar surface area (TPSA) is 72.2 Å². The van der Waals surface area contributed by atoms with Crippen molar-refractivity contribution in [3.63, 3.8) is 0 Å². The van der Waals surface area contributed by atoms with Gasteiger partial charge in [-0.3, -0.25) is 4.79 Å². The summed E-state index contributed by atoms with van der Waals surface area (Å²) >= 11 is 2.74. The van der Waals surface area contributed by atoms with Crippen molar-refractivity contribution in [2.75, 3.05) is 11.1 Å². The molecule has 4 aromatic rings. The minimum Gasteiger partial charge on any atom is -0.422 e. The molecule has 1 N–H and O–H groups in total. The maximum atomic E-state index is 12.3. The lowest BCUT2D eigenvalue weighted by Crippen LogP contribution is -2.13. The summed E-state index contributed by atoms with van der Waals surface area (Å²) in [5.41, 5.74) is 2.14. The lowest BCUT2D eigenvalue weighted by molar-refractivity contribution is -0.113. The summed E-state index contributed by atoms with van der Waals surface area (Å²) in [6, 6.07) is 17.1. The predicted octanol–water partition coefficient (Wildman–Crippen LogP) is 4.96. The highest BCUT2D eigenvalue weighted by Crippen LogP contribution is 2.26. The first-order valence-electron chi connectivity index (χ1n) is 8.56. The first-order chi connectivity index (χ1) is 13.6. The van der Waals surface area contributed by atoms with Crippen molar-refractivity contribution >= 4 is 45.1 Å². The smallest absolute Gasteiger partial charge is 0.345 e. The molecule has 0 bridgehead atoms. The highest BCUT2D eigenvalue weighted by molar-refractivity contribution is 8.00. The monoisotopic (exact) mass is 408 g/mol. The van der Waals surface area contributed by atoms with Crippen molar-refractivity contribution < 1.29 is 9.21 Å². The van der Waals surface area contributed by atoms with E-state index in [2.05, 4.69) is 10.3 Å². The van der Waals surface area contributed by atoms with E-state index in [0.29, 0.717) is 22.0 Å². The number of carbonyl (C=O) groups is 1. The molecule has 4 rings (SSSR count). The van der Waals surface area contributed by atoms with Crippen LogP contribution in [0.1, 0.15) is 5.56 Å². The average Bonchev–Trinajstić information content (AvgIpc) is 3.15. The number of aryl methyl sites for hydroxylation is 1. The molecule has 2 heterocycles. The fourth-order valence-electron chi connectivity index (χ4n) is 2.63. The van der Waals surface area contributed by atoms with Crippen LogP contribution in [0.2, 0.25) is 0 Å². The Kier molecular flexibility index (Phi) is 5.27. The summed E-state index contributed by atoms with van der Waals surface area (Å²) in [4.78, 5) is 29.9. The van der Waals surface area contributed by atoms with Crippen molar-refractivity contribution in [3.05, 3.63) is 76.0 Å². The van der Waals surface area contributed by atoms with Crippen molar-refractivity contribution in [3.8, 4) is 11.3 Å². The molecule has 0 spiro atoms. The number of para-hydroxylation sites is 1. The summed E-state index contributed by atoms with van der Waals surface area (Å²) in [5, 5.41) is 5.81. The van der Waals surface area contributed by atoms with Crippen LogP contribution in [0.3, 0.4) is 0 Å². The molecule has 0 radical (unpaired) electrons. The number of carbonyl (C=O) groups excluding carboxylic acids is 1. The number of benzene rings is 2. The molecular weight excluding hydrogens is 392 g/mol. The Morgan fingerprint density at radius 3 is 2.79 bits per heavy atom. The second-order valence-corrected chi connectivity index (χ2v) is 8.08. The molecule has 0 atom stereocenters. The molecule has 0 saturated heterocycles. The number of anilines is 1. The van der Waals surface area contributed by atoms with Crippen molar-refractivity contribution in [1.29, 1.82) is 0 Å². The van der Waals surface area contributed by atoms with E-state index in [1.54, 1.807) is 17.5 Å². The highest BCUT2D eigenvalue weighted by Gasteiger charge is 2.13. The van der Waals surface area contributed by atoms with E-state index in [1.807, 2.05) is 49.4 Å². The minimum atomic E-state index is -0.447. The van der Waals surface area contributed by atoms with Crippen molar-refractivity contribution in [2.24, 2.45) is 0 Å². The Bertz CT molecular complexity index is 1200. The summed E-state index contributed by atoms with van der Waals surface area (Å²) in [6.45, 7) is 2.03. The Morgan fingerprint density at radius 2 is 1.96 bits per heavy atom. The van der Waals surface area contributed by atoms with Crippen LogP contribution in [-0.2, 0) is 4.79 Å². The second-order valence-electron chi connectivity index (χ2n) is 6.17. The van der Waals surface area contributed by atoms with Crippen LogP contribution in [0.5, 0.6) is 0 Å². The maximum absolute atomic E-state index is 12.3. The number of thiazole rings is 1. The van der Waals surface area contributed by atoms with Crippen LogP contribution in [0.15, 0.2) is 74.1 Å². The van der Waals surface area contributed by atoms with Gasteiger partial charge in [0.25, 0.3) is 0 Å². The van der Waals surface area contributed by atoms with E-state index < -0.39 is 5.63 Å². The van der Waals surface area contributed by atoms with Crippen LogP contribution in [0.4, 0.5) is 5.13 Å². The van der Waals surface area contributed by atoms with Gasteiger partial charge in [0.1, 0.15) is 5.58 Å². The molecule has 2 aromatic carbocycles. The highest BCUT2D eigenvalue weighted by atomic mass is 32.2. The van der Waals surface area contributed by atoms with Gasteiger partial charge in [-0.25, -0.2) is 9.78 Å². The Morgan fingerprint density at radius 1 is 1.18 bits per heavy atom. The summed E-state index contributed by atoms with van der Waals surface area (Å²) < 4.78 is 5.35. The van der Waals surface area contributed by atoms with E-state index >= 15 is 0 Å². The van der Waals surface area contributed by atoms with Gasteiger partial charge in [-0.2, -0.15) is 0 Å². The number of hydrogen-bond acceptors (Lipinski definition) is 6. The third-order valence-electron chi connectivity index (χ3n) is 4.06. The zero-order valence-corrected chi connectivity index (χ0v) is 16.6. The Labute approximate surface area is 169 Å². The van der Waals surface area contributed by atoms with Gasteiger partial charge in [0.15, 0.2) is 5.13 Å². The predicted molar refractivity (Wildman–Crippen MR) is 114 cm³/mol. The van der Waals surface area contributed by atoms with Gasteiger partial charge in [0.05, 0.1) is 17.0 Å². The van der Waals surface area contributed by atoms with E-state index in [0.717, 1.165) is 10.3 Å². The fraction of sp³-hybridized carbons (Fsp3) is 0.0952. The van der Waals surface area contributed by atoms with Gasteiger partial charge in [0, 0.05) is 15.7 Å². The third kappa shape index (κ3) is 4.16. The molecule has 7 heteroatoms. The lowest BCUT2D eigenvalue weighted by atomic mass is 10.1. The van der Waals surface area contributed by atoms with Gasteiger partial charge in [-0.05, 0) is 31.2 Å². The number of rotatable bonds is 5. The van der Waals surface area contributed by atoms with E-state index in [9.17, 15) is 9.59 Å². The molecule has 0 aliphatic heterocycles. The number of nitrogens with zero attached hydrogens (tertiary/aromatic N) is 1. The van der Waals surface area contributed by atoms with Gasteiger partial charge in [-0.1, -0.05) is 35.9 Å². The quantitative estimate of drug-likeness (QED) is 0.373. The van der Waals surface area contributed by atoms with Crippen molar-refractivity contribution in [1.82, 2.24) is 4.98 Å². The van der Waals surface area contributed by atoms with E-state index in [-0.39, 0.29) is 11.7 Å². The fourth-order valence-corrected chi connectivity index (χ4v) is 4.06. The molecule has 140 valence electrons. The van der Waals surface area contributed by atoms with Gasteiger partial charge in [0.2, 0.25) is 5.91 Å². The number of hydrogen-bond donors (Lipinski definition) is 1. The number of fused-ring (bicyclic) bond motifs is 1. The van der Waals surface area contributed by atoms with Gasteiger partial charge >= 0.3 is 5.63 Å². The molecule has 5 nitrogen and oxygen atoms in total. The molecule has 0 aliphatic carbocycles. The van der Waals surface area contributed by atoms with Crippen LogP contribution < -0.4 is 10.9 Å². The molecule has 0 saturated carbocycles. The molecule has 1 amide bonds. The van der Waals surface area contributed by atoms with E-state index in [1.165, 1.54) is 28.7 Å².